The van der Waals surface area contributed by atoms with E-state index >= 15 is 0 Å². The number of amides is 2. The summed E-state index contributed by atoms with van der Waals surface area (Å²) in [5, 5.41) is 2.38. The Kier molecular flexibility index (Phi) is 4.89. The fourth-order valence-corrected chi connectivity index (χ4v) is 5.20. The lowest BCUT2D eigenvalue weighted by atomic mass is 10.00. The molecule has 0 N–H and O–H groups in total. The van der Waals surface area contributed by atoms with Crippen molar-refractivity contribution in [2.75, 3.05) is 16.3 Å². The number of thiophene rings is 1. The zero-order valence-electron chi connectivity index (χ0n) is 15.8. The molecule has 3 heterocycles. The summed E-state index contributed by atoms with van der Waals surface area (Å²) in [7, 11) is 0. The molecule has 2 amide bonds. The highest BCUT2D eigenvalue weighted by Gasteiger charge is 2.44. The Morgan fingerprint density at radius 1 is 0.867 bits per heavy atom. The number of hydrogen-bond acceptors (Lipinski definition) is 4. The number of anilines is 2. The van der Waals surface area contributed by atoms with Crippen molar-refractivity contribution in [3.63, 3.8) is 0 Å². The molecule has 0 saturated heterocycles. The SMILES string of the molecule is O=C1C(c2cccs2)=C(N2CCCc3ccccc32)C(=O)N1c1cccc(Cl)c1Cl. The van der Waals surface area contributed by atoms with E-state index in [4.69, 9.17) is 23.2 Å². The molecule has 0 aliphatic carbocycles. The van der Waals surface area contributed by atoms with Gasteiger partial charge in [-0.2, -0.15) is 0 Å². The molecule has 0 bridgehead atoms. The van der Waals surface area contributed by atoms with Crippen LogP contribution in [-0.2, 0) is 16.0 Å². The van der Waals surface area contributed by atoms with Gasteiger partial charge in [0.25, 0.3) is 11.8 Å². The second-order valence-corrected chi connectivity index (χ2v) is 8.84. The van der Waals surface area contributed by atoms with Gasteiger partial charge in [0.15, 0.2) is 0 Å². The molecule has 4 nitrogen and oxygen atoms in total. The van der Waals surface area contributed by atoms with Crippen molar-refractivity contribution in [1.82, 2.24) is 0 Å². The lowest BCUT2D eigenvalue weighted by Crippen LogP contribution is -2.37. The molecule has 1 aromatic heterocycles. The van der Waals surface area contributed by atoms with Gasteiger partial charge < -0.3 is 4.90 Å². The predicted octanol–water partition coefficient (Wildman–Crippen LogP) is 5.79. The van der Waals surface area contributed by atoms with E-state index in [-0.39, 0.29) is 16.8 Å². The highest BCUT2D eigenvalue weighted by Crippen LogP contribution is 2.43. The van der Waals surface area contributed by atoms with Crippen LogP contribution >= 0.6 is 34.5 Å². The van der Waals surface area contributed by atoms with Crippen molar-refractivity contribution in [3.05, 3.63) is 86.2 Å². The Morgan fingerprint density at radius 3 is 2.47 bits per heavy atom. The third-order valence-corrected chi connectivity index (χ3v) is 7.08. The molecule has 0 fully saturated rings. The van der Waals surface area contributed by atoms with E-state index in [9.17, 15) is 9.59 Å². The zero-order chi connectivity index (χ0) is 20.8. The average Bonchev–Trinajstić information content (AvgIpc) is 3.36. The van der Waals surface area contributed by atoms with Gasteiger partial charge in [-0.05, 0) is 48.1 Å². The van der Waals surface area contributed by atoms with Crippen LogP contribution in [0.15, 0.2) is 65.7 Å². The van der Waals surface area contributed by atoms with Gasteiger partial charge in [-0.15, -0.1) is 11.3 Å². The van der Waals surface area contributed by atoms with Gasteiger partial charge in [0.05, 0.1) is 21.3 Å². The molecule has 3 aromatic rings. The first-order valence-electron chi connectivity index (χ1n) is 9.54. The van der Waals surface area contributed by atoms with Crippen LogP contribution in [0.3, 0.4) is 0 Å². The van der Waals surface area contributed by atoms with Crippen molar-refractivity contribution in [2.24, 2.45) is 0 Å². The molecule has 5 rings (SSSR count). The molecular formula is C23H16Cl2N2O2S. The fraction of sp³-hybridized carbons (Fsp3) is 0.130. The number of rotatable bonds is 3. The molecule has 2 aliphatic heterocycles. The molecule has 7 heteroatoms. The topological polar surface area (TPSA) is 40.6 Å². The third kappa shape index (κ3) is 2.97. The van der Waals surface area contributed by atoms with Crippen LogP contribution in [0.2, 0.25) is 10.0 Å². The van der Waals surface area contributed by atoms with E-state index in [1.54, 1.807) is 18.2 Å². The number of nitrogens with zero attached hydrogens (tertiary/aromatic N) is 2. The van der Waals surface area contributed by atoms with E-state index in [0.29, 0.717) is 28.5 Å². The van der Waals surface area contributed by atoms with E-state index in [1.807, 2.05) is 40.6 Å². The van der Waals surface area contributed by atoms with Crippen LogP contribution in [0.4, 0.5) is 11.4 Å². The lowest BCUT2D eigenvalue weighted by molar-refractivity contribution is -0.120. The number of halogens is 2. The van der Waals surface area contributed by atoms with Gasteiger partial charge in [-0.25, -0.2) is 4.90 Å². The molecular weight excluding hydrogens is 439 g/mol. The van der Waals surface area contributed by atoms with Gasteiger partial charge >= 0.3 is 0 Å². The molecule has 30 heavy (non-hydrogen) atoms. The number of carbonyl (C=O) groups excluding carboxylic acids is 2. The normalized spacial score (nSPS) is 16.5. The zero-order valence-corrected chi connectivity index (χ0v) is 18.1. The van der Waals surface area contributed by atoms with E-state index in [1.165, 1.54) is 16.9 Å². The Morgan fingerprint density at radius 2 is 1.67 bits per heavy atom. The number of carbonyl (C=O) groups is 2. The quantitative estimate of drug-likeness (QED) is 0.470. The Balaban J connectivity index is 1.70. The largest absolute Gasteiger partial charge is 0.336 e. The van der Waals surface area contributed by atoms with Crippen molar-refractivity contribution in [3.8, 4) is 0 Å². The smallest absolute Gasteiger partial charge is 0.282 e. The second kappa shape index (κ2) is 7.58. The summed E-state index contributed by atoms with van der Waals surface area (Å²) >= 11 is 14.0. The Labute approximate surface area is 187 Å². The first-order valence-corrected chi connectivity index (χ1v) is 11.2. The fourth-order valence-electron chi connectivity index (χ4n) is 4.06. The maximum atomic E-state index is 13.7. The van der Waals surface area contributed by atoms with Crippen LogP contribution in [0.25, 0.3) is 5.57 Å². The van der Waals surface area contributed by atoms with Crippen LogP contribution in [0.1, 0.15) is 16.9 Å². The standard InChI is InChI=1S/C23H16Cl2N2O2S/c24-15-8-3-10-17(20(15)25)27-22(28)19(18-11-5-13-30-18)21(23(27)29)26-12-4-7-14-6-1-2-9-16(14)26/h1-3,5-6,8-11,13H,4,7,12H2. The van der Waals surface area contributed by atoms with Gasteiger partial charge in [-0.3, -0.25) is 9.59 Å². The first-order chi connectivity index (χ1) is 14.6. The molecule has 0 atom stereocenters. The van der Waals surface area contributed by atoms with Gasteiger partial charge in [0, 0.05) is 17.1 Å². The summed E-state index contributed by atoms with van der Waals surface area (Å²) in [6, 6.07) is 16.7. The summed E-state index contributed by atoms with van der Waals surface area (Å²) < 4.78 is 0. The molecule has 2 aromatic carbocycles. The maximum absolute atomic E-state index is 13.7. The van der Waals surface area contributed by atoms with Crippen molar-refractivity contribution in [2.45, 2.75) is 12.8 Å². The lowest BCUT2D eigenvalue weighted by Gasteiger charge is -2.32. The van der Waals surface area contributed by atoms with E-state index in [2.05, 4.69) is 6.07 Å². The summed E-state index contributed by atoms with van der Waals surface area (Å²) in [4.78, 5) is 31.2. The van der Waals surface area contributed by atoms with Gasteiger partial charge in [0.2, 0.25) is 0 Å². The molecule has 150 valence electrons. The second-order valence-electron chi connectivity index (χ2n) is 7.10. The average molecular weight is 455 g/mol. The number of imide groups is 1. The first kappa shape index (κ1) is 19.4. The van der Waals surface area contributed by atoms with Gasteiger partial charge in [0.1, 0.15) is 5.70 Å². The van der Waals surface area contributed by atoms with Crippen molar-refractivity contribution in [1.29, 1.82) is 0 Å². The number of aryl methyl sites for hydroxylation is 1. The van der Waals surface area contributed by atoms with Crippen LogP contribution in [0, 0.1) is 0 Å². The summed E-state index contributed by atoms with van der Waals surface area (Å²) in [5.74, 6) is -0.769. The Bertz CT molecular complexity index is 1200. The van der Waals surface area contributed by atoms with E-state index < -0.39 is 0 Å². The summed E-state index contributed by atoms with van der Waals surface area (Å²) in [5.41, 5.74) is 3.23. The van der Waals surface area contributed by atoms with Crippen molar-refractivity contribution >= 4 is 63.3 Å². The summed E-state index contributed by atoms with van der Waals surface area (Å²) in [6.07, 6.45) is 1.85. The van der Waals surface area contributed by atoms with Crippen LogP contribution in [-0.4, -0.2) is 18.4 Å². The number of fused-ring (bicyclic) bond motifs is 1. The highest BCUT2D eigenvalue weighted by molar-refractivity contribution is 7.11. The summed E-state index contributed by atoms with van der Waals surface area (Å²) in [6.45, 7) is 0.664. The minimum atomic E-state index is -0.385. The number of para-hydroxylation sites is 1. The van der Waals surface area contributed by atoms with Crippen molar-refractivity contribution < 1.29 is 9.59 Å². The number of hydrogen-bond donors (Lipinski definition) is 0. The van der Waals surface area contributed by atoms with E-state index in [0.717, 1.165) is 28.3 Å². The molecule has 0 saturated carbocycles. The predicted molar refractivity (Wildman–Crippen MR) is 122 cm³/mol. The van der Waals surface area contributed by atoms with Crippen LogP contribution in [0.5, 0.6) is 0 Å². The number of benzene rings is 2. The third-order valence-electron chi connectivity index (χ3n) is 5.38. The van der Waals surface area contributed by atoms with Gasteiger partial charge in [-0.1, -0.05) is 53.5 Å². The maximum Gasteiger partial charge on any atom is 0.282 e. The monoisotopic (exact) mass is 454 g/mol. The minimum absolute atomic E-state index is 0.187. The molecule has 0 unspecified atom stereocenters. The Hall–Kier alpha value is -2.60. The van der Waals surface area contributed by atoms with Crippen LogP contribution < -0.4 is 9.80 Å². The molecule has 0 spiro atoms. The molecule has 0 radical (unpaired) electrons. The minimum Gasteiger partial charge on any atom is -0.336 e. The molecule has 2 aliphatic rings. The highest BCUT2D eigenvalue weighted by atomic mass is 35.5.